The number of fused-ring (bicyclic) bond motifs is 1. The molecular formula is C23H21FN4O4. The number of carbonyl (C=O) groups is 1. The number of ether oxygens (including phenoxy) is 2. The molecule has 0 aliphatic rings. The predicted molar refractivity (Wildman–Crippen MR) is 117 cm³/mol. The fourth-order valence-corrected chi connectivity index (χ4v) is 3.30. The maximum absolute atomic E-state index is 14.6. The van der Waals surface area contributed by atoms with E-state index in [0.717, 1.165) is 5.39 Å². The van der Waals surface area contributed by atoms with E-state index < -0.39 is 11.7 Å². The molecule has 2 aromatic heterocycles. The van der Waals surface area contributed by atoms with Crippen molar-refractivity contribution < 1.29 is 18.7 Å². The third-order valence-electron chi connectivity index (χ3n) is 4.95. The maximum Gasteiger partial charge on any atom is 0.252 e. The number of primary amides is 1. The lowest BCUT2D eigenvalue weighted by Gasteiger charge is -2.12. The van der Waals surface area contributed by atoms with Crippen LogP contribution in [0.5, 0.6) is 17.2 Å². The van der Waals surface area contributed by atoms with Crippen molar-refractivity contribution in [2.75, 3.05) is 6.61 Å². The SMILES string of the molecule is Cn1ncc2cc(C(N)=O)c(Oc3ccc(OCCCn4ccccc4=O)cc3F)cc21. The van der Waals surface area contributed by atoms with Gasteiger partial charge in [0.2, 0.25) is 5.56 Å². The molecule has 0 unspecified atom stereocenters. The molecule has 0 saturated carbocycles. The standard InChI is InChI=1S/C23H21FN4O4/c1-27-19-13-21(17(23(25)30)11-15(19)14-26-27)32-20-7-6-16(12-18(20)24)31-10-4-9-28-8-3-2-5-22(28)29/h2-3,5-8,11-14H,4,9-10H2,1H3,(H2,25,30). The molecule has 0 aliphatic carbocycles. The lowest BCUT2D eigenvalue weighted by atomic mass is 10.1. The van der Waals surface area contributed by atoms with Crippen molar-refractivity contribution in [3.63, 3.8) is 0 Å². The fourth-order valence-electron chi connectivity index (χ4n) is 3.30. The van der Waals surface area contributed by atoms with Crippen LogP contribution in [0.15, 0.2) is 65.7 Å². The lowest BCUT2D eigenvalue weighted by Crippen LogP contribution is -2.18. The third-order valence-corrected chi connectivity index (χ3v) is 4.95. The van der Waals surface area contributed by atoms with Gasteiger partial charge in [-0.05, 0) is 30.7 Å². The van der Waals surface area contributed by atoms with Gasteiger partial charge < -0.3 is 19.8 Å². The lowest BCUT2D eigenvalue weighted by molar-refractivity contribution is 0.0998. The van der Waals surface area contributed by atoms with Crippen molar-refractivity contribution in [1.29, 1.82) is 0 Å². The molecule has 0 spiro atoms. The van der Waals surface area contributed by atoms with Crippen LogP contribution in [0.4, 0.5) is 4.39 Å². The molecule has 4 aromatic rings. The number of rotatable bonds is 8. The molecule has 32 heavy (non-hydrogen) atoms. The number of carbonyl (C=O) groups excluding carboxylic acids is 1. The number of hydrogen-bond donors (Lipinski definition) is 1. The van der Waals surface area contributed by atoms with Gasteiger partial charge in [0.05, 0.1) is 23.9 Å². The first-order valence-corrected chi connectivity index (χ1v) is 9.93. The molecule has 2 N–H and O–H groups in total. The van der Waals surface area contributed by atoms with Crippen molar-refractivity contribution in [3.8, 4) is 17.2 Å². The first kappa shape index (κ1) is 21.1. The monoisotopic (exact) mass is 436 g/mol. The van der Waals surface area contributed by atoms with Crippen LogP contribution in [0.1, 0.15) is 16.8 Å². The Balaban J connectivity index is 1.45. The molecule has 4 rings (SSSR count). The smallest absolute Gasteiger partial charge is 0.252 e. The van der Waals surface area contributed by atoms with Gasteiger partial charge in [0.25, 0.3) is 5.91 Å². The highest BCUT2D eigenvalue weighted by Gasteiger charge is 2.16. The van der Waals surface area contributed by atoms with Crippen molar-refractivity contribution in [3.05, 3.63) is 82.7 Å². The Morgan fingerprint density at radius 3 is 2.75 bits per heavy atom. The Bertz CT molecular complexity index is 1350. The van der Waals surface area contributed by atoms with E-state index in [4.69, 9.17) is 15.2 Å². The predicted octanol–water partition coefficient (Wildman–Crippen LogP) is 3.23. The molecule has 0 saturated heterocycles. The van der Waals surface area contributed by atoms with Crippen LogP contribution in [0.25, 0.3) is 10.9 Å². The summed E-state index contributed by atoms with van der Waals surface area (Å²) in [5.74, 6) is -0.954. The van der Waals surface area contributed by atoms with Gasteiger partial charge in [0.15, 0.2) is 11.6 Å². The number of aryl methyl sites for hydroxylation is 2. The highest BCUT2D eigenvalue weighted by Crippen LogP contribution is 2.32. The molecule has 1 amide bonds. The second kappa shape index (κ2) is 8.93. The summed E-state index contributed by atoms with van der Waals surface area (Å²) in [4.78, 5) is 23.5. The van der Waals surface area contributed by atoms with E-state index in [1.54, 1.807) is 59.0 Å². The average Bonchev–Trinajstić information content (AvgIpc) is 3.13. The first-order chi connectivity index (χ1) is 15.4. The first-order valence-electron chi connectivity index (χ1n) is 9.93. The van der Waals surface area contributed by atoms with E-state index in [1.807, 2.05) is 0 Å². The number of hydrogen-bond acceptors (Lipinski definition) is 5. The summed E-state index contributed by atoms with van der Waals surface area (Å²) in [6, 6.07) is 12.3. The van der Waals surface area contributed by atoms with E-state index in [2.05, 4.69) is 5.10 Å². The Morgan fingerprint density at radius 1 is 1.16 bits per heavy atom. The highest BCUT2D eigenvalue weighted by atomic mass is 19.1. The molecule has 0 radical (unpaired) electrons. The van der Waals surface area contributed by atoms with E-state index in [0.29, 0.717) is 30.8 Å². The van der Waals surface area contributed by atoms with Crippen LogP contribution < -0.4 is 20.8 Å². The minimum Gasteiger partial charge on any atom is -0.493 e. The van der Waals surface area contributed by atoms with Gasteiger partial charge >= 0.3 is 0 Å². The second-order valence-electron chi connectivity index (χ2n) is 7.17. The molecule has 2 heterocycles. The minimum atomic E-state index is -0.691. The van der Waals surface area contributed by atoms with Crippen LogP contribution in [0.3, 0.4) is 0 Å². The Morgan fingerprint density at radius 2 is 2.00 bits per heavy atom. The Kier molecular flexibility index (Phi) is 5.89. The highest BCUT2D eigenvalue weighted by molar-refractivity contribution is 6.00. The Labute approximate surface area is 182 Å². The fraction of sp³-hybridized carbons (Fsp3) is 0.174. The van der Waals surface area contributed by atoms with Crippen molar-refractivity contribution >= 4 is 16.8 Å². The van der Waals surface area contributed by atoms with Crippen molar-refractivity contribution in [2.24, 2.45) is 12.8 Å². The molecular weight excluding hydrogens is 415 g/mol. The quantitative estimate of drug-likeness (QED) is 0.427. The third kappa shape index (κ3) is 4.46. The van der Waals surface area contributed by atoms with Crippen LogP contribution in [0, 0.1) is 5.82 Å². The second-order valence-corrected chi connectivity index (χ2v) is 7.17. The van der Waals surface area contributed by atoms with E-state index >= 15 is 0 Å². The average molecular weight is 436 g/mol. The van der Waals surface area contributed by atoms with Crippen LogP contribution >= 0.6 is 0 Å². The zero-order valence-electron chi connectivity index (χ0n) is 17.3. The molecule has 2 aromatic carbocycles. The molecule has 0 fully saturated rings. The number of aromatic nitrogens is 3. The normalized spacial score (nSPS) is 10.9. The van der Waals surface area contributed by atoms with E-state index in [-0.39, 0.29) is 22.6 Å². The van der Waals surface area contributed by atoms with Crippen LogP contribution in [-0.2, 0) is 13.6 Å². The summed E-state index contributed by atoms with van der Waals surface area (Å²) in [7, 11) is 1.75. The number of amides is 1. The molecule has 0 atom stereocenters. The molecule has 0 aliphatic heterocycles. The number of benzene rings is 2. The molecule has 9 heteroatoms. The number of nitrogens with zero attached hydrogens (tertiary/aromatic N) is 3. The van der Waals surface area contributed by atoms with Gasteiger partial charge in [-0.25, -0.2) is 4.39 Å². The molecule has 164 valence electrons. The number of nitrogens with two attached hydrogens (primary N) is 1. The van der Waals surface area contributed by atoms with Gasteiger partial charge in [-0.1, -0.05) is 6.07 Å². The summed E-state index contributed by atoms with van der Waals surface area (Å²) in [6.45, 7) is 0.805. The minimum absolute atomic E-state index is 0.0720. The zero-order valence-corrected chi connectivity index (χ0v) is 17.3. The summed E-state index contributed by atoms with van der Waals surface area (Å²) in [5.41, 5.74) is 6.22. The van der Waals surface area contributed by atoms with Crippen molar-refractivity contribution in [1.82, 2.24) is 14.3 Å². The van der Waals surface area contributed by atoms with Gasteiger partial charge in [-0.15, -0.1) is 0 Å². The van der Waals surface area contributed by atoms with Gasteiger partial charge in [0.1, 0.15) is 11.5 Å². The van der Waals surface area contributed by atoms with Crippen molar-refractivity contribution in [2.45, 2.75) is 13.0 Å². The summed E-state index contributed by atoms with van der Waals surface area (Å²) in [6.07, 6.45) is 3.89. The van der Waals surface area contributed by atoms with E-state index in [9.17, 15) is 14.0 Å². The topological polar surface area (TPSA) is 101 Å². The summed E-state index contributed by atoms with van der Waals surface area (Å²) in [5, 5.41) is 4.85. The van der Waals surface area contributed by atoms with Gasteiger partial charge in [-0.2, -0.15) is 5.10 Å². The van der Waals surface area contributed by atoms with Crippen LogP contribution in [0.2, 0.25) is 0 Å². The number of halogens is 1. The number of pyridine rings is 1. The summed E-state index contributed by atoms with van der Waals surface area (Å²) >= 11 is 0. The summed E-state index contributed by atoms with van der Waals surface area (Å²) < 4.78 is 29.1. The molecule has 8 nitrogen and oxygen atoms in total. The van der Waals surface area contributed by atoms with Gasteiger partial charge in [-0.3, -0.25) is 14.3 Å². The van der Waals surface area contributed by atoms with Crippen LogP contribution in [-0.4, -0.2) is 26.9 Å². The zero-order chi connectivity index (χ0) is 22.7. The van der Waals surface area contributed by atoms with Gasteiger partial charge in [0, 0.05) is 43.4 Å². The largest absolute Gasteiger partial charge is 0.493 e. The Hall–Kier alpha value is -4.14. The maximum atomic E-state index is 14.6. The van der Waals surface area contributed by atoms with E-state index in [1.165, 1.54) is 18.2 Å². The molecule has 0 bridgehead atoms.